The summed E-state index contributed by atoms with van der Waals surface area (Å²) in [7, 11) is 3.36. The van der Waals surface area contributed by atoms with Gasteiger partial charge in [-0.1, -0.05) is 13.0 Å². The predicted molar refractivity (Wildman–Crippen MR) is 63.5 cm³/mol. The third-order valence-electron chi connectivity index (χ3n) is 2.30. The summed E-state index contributed by atoms with van der Waals surface area (Å²) >= 11 is 0. The molecule has 0 radical (unpaired) electrons. The molecule has 0 saturated heterocycles. The number of ether oxygens (including phenoxy) is 2. The summed E-state index contributed by atoms with van der Waals surface area (Å²) in [5, 5.41) is 3.36. The number of rotatable bonds is 7. The van der Waals surface area contributed by atoms with E-state index in [0.29, 0.717) is 11.8 Å². The zero-order chi connectivity index (χ0) is 11.8. The van der Waals surface area contributed by atoms with E-state index in [1.807, 2.05) is 12.1 Å². The van der Waals surface area contributed by atoms with Crippen molar-refractivity contribution in [2.75, 3.05) is 27.4 Å². The first kappa shape index (κ1) is 12.9. The Balaban J connectivity index is 2.36. The third kappa shape index (κ3) is 4.16. The van der Waals surface area contributed by atoms with Crippen LogP contribution in [0.1, 0.15) is 12.5 Å². The van der Waals surface area contributed by atoms with Crippen molar-refractivity contribution < 1.29 is 9.47 Å². The molecule has 0 bridgehead atoms. The van der Waals surface area contributed by atoms with E-state index in [-0.39, 0.29) is 0 Å². The van der Waals surface area contributed by atoms with Crippen LogP contribution < -0.4 is 10.1 Å². The van der Waals surface area contributed by atoms with Gasteiger partial charge in [0.05, 0.1) is 7.11 Å². The molecule has 0 fully saturated rings. The molecular formula is C12H20N2O2. The first-order valence-electron chi connectivity index (χ1n) is 5.45. The van der Waals surface area contributed by atoms with Crippen molar-refractivity contribution in [2.45, 2.75) is 13.5 Å². The summed E-state index contributed by atoms with van der Waals surface area (Å²) in [5.74, 6) is 1.20. The van der Waals surface area contributed by atoms with Gasteiger partial charge in [-0.2, -0.15) is 0 Å². The van der Waals surface area contributed by atoms with Gasteiger partial charge in [0.25, 0.3) is 0 Å². The summed E-state index contributed by atoms with van der Waals surface area (Å²) in [6, 6.07) is 3.93. The highest BCUT2D eigenvalue weighted by Crippen LogP contribution is 2.12. The quantitative estimate of drug-likeness (QED) is 0.761. The topological polar surface area (TPSA) is 43.4 Å². The fourth-order valence-corrected chi connectivity index (χ4v) is 1.54. The molecule has 0 aromatic carbocycles. The number of aromatic nitrogens is 1. The Kier molecular flexibility index (Phi) is 5.82. The number of methoxy groups -OCH3 is 2. The molecule has 0 aliphatic rings. The summed E-state index contributed by atoms with van der Waals surface area (Å²) in [4.78, 5) is 4.14. The number of nitrogens with one attached hydrogen (secondary N) is 1. The highest BCUT2D eigenvalue weighted by atomic mass is 16.5. The summed E-state index contributed by atoms with van der Waals surface area (Å²) < 4.78 is 10.2. The van der Waals surface area contributed by atoms with Crippen LogP contribution in [0.25, 0.3) is 0 Å². The molecule has 1 N–H and O–H groups in total. The molecule has 0 spiro atoms. The second-order valence-corrected chi connectivity index (χ2v) is 3.86. The molecule has 1 atom stereocenters. The molecule has 1 heterocycles. The van der Waals surface area contributed by atoms with E-state index in [0.717, 1.165) is 25.3 Å². The van der Waals surface area contributed by atoms with Crippen LogP contribution in [0.5, 0.6) is 5.88 Å². The zero-order valence-corrected chi connectivity index (χ0v) is 10.2. The average molecular weight is 224 g/mol. The predicted octanol–water partition coefficient (Wildman–Crippen LogP) is 1.46. The molecule has 0 aliphatic carbocycles. The first-order valence-corrected chi connectivity index (χ1v) is 5.45. The van der Waals surface area contributed by atoms with E-state index in [2.05, 4.69) is 17.2 Å². The second-order valence-electron chi connectivity index (χ2n) is 3.86. The minimum Gasteiger partial charge on any atom is -0.481 e. The number of hydrogen-bond acceptors (Lipinski definition) is 4. The van der Waals surface area contributed by atoms with Gasteiger partial charge in [-0.3, -0.25) is 0 Å². The molecule has 0 amide bonds. The molecule has 90 valence electrons. The minimum absolute atomic E-state index is 0.507. The number of nitrogens with zero attached hydrogens (tertiary/aromatic N) is 1. The fourth-order valence-electron chi connectivity index (χ4n) is 1.54. The van der Waals surface area contributed by atoms with Crippen molar-refractivity contribution in [1.82, 2.24) is 10.3 Å². The lowest BCUT2D eigenvalue weighted by Gasteiger charge is -2.12. The molecule has 1 unspecified atom stereocenters. The van der Waals surface area contributed by atoms with Gasteiger partial charge in [0.2, 0.25) is 5.88 Å². The van der Waals surface area contributed by atoms with Crippen LogP contribution in [0, 0.1) is 5.92 Å². The maximum absolute atomic E-state index is 5.17. The lowest BCUT2D eigenvalue weighted by Crippen LogP contribution is -2.23. The van der Waals surface area contributed by atoms with Crippen LogP contribution in [-0.4, -0.2) is 32.4 Å². The van der Waals surface area contributed by atoms with E-state index in [9.17, 15) is 0 Å². The molecule has 0 saturated carbocycles. The van der Waals surface area contributed by atoms with Crippen molar-refractivity contribution in [3.05, 3.63) is 23.9 Å². The van der Waals surface area contributed by atoms with Crippen molar-refractivity contribution in [2.24, 2.45) is 5.92 Å². The lowest BCUT2D eigenvalue weighted by molar-refractivity contribution is 0.158. The van der Waals surface area contributed by atoms with Crippen molar-refractivity contribution in [3.63, 3.8) is 0 Å². The fraction of sp³-hybridized carbons (Fsp3) is 0.583. The highest BCUT2D eigenvalue weighted by molar-refractivity contribution is 5.24. The molecule has 4 heteroatoms. The van der Waals surface area contributed by atoms with E-state index in [1.165, 1.54) is 0 Å². The van der Waals surface area contributed by atoms with E-state index < -0.39 is 0 Å². The Hall–Kier alpha value is -1.13. The van der Waals surface area contributed by atoms with Gasteiger partial charge in [0.15, 0.2) is 0 Å². The largest absolute Gasteiger partial charge is 0.481 e. The van der Waals surface area contributed by atoms with Gasteiger partial charge < -0.3 is 14.8 Å². The molecule has 0 aliphatic heterocycles. The van der Waals surface area contributed by atoms with Crippen LogP contribution in [0.2, 0.25) is 0 Å². The van der Waals surface area contributed by atoms with Gasteiger partial charge >= 0.3 is 0 Å². The Labute approximate surface area is 97.0 Å². The van der Waals surface area contributed by atoms with Crippen molar-refractivity contribution in [1.29, 1.82) is 0 Å². The minimum atomic E-state index is 0.507. The Morgan fingerprint density at radius 3 is 2.94 bits per heavy atom. The number of hydrogen-bond donors (Lipinski definition) is 1. The highest BCUT2D eigenvalue weighted by Gasteiger charge is 2.04. The SMILES string of the molecule is COCC(C)CNCc1cccnc1OC. The smallest absolute Gasteiger partial charge is 0.217 e. The van der Waals surface area contributed by atoms with Gasteiger partial charge in [-0.25, -0.2) is 4.98 Å². The lowest BCUT2D eigenvalue weighted by atomic mass is 10.2. The van der Waals surface area contributed by atoms with Gasteiger partial charge in [0.1, 0.15) is 0 Å². The molecule has 1 aromatic heterocycles. The molecule has 1 rings (SSSR count). The van der Waals surface area contributed by atoms with E-state index in [1.54, 1.807) is 20.4 Å². The Morgan fingerprint density at radius 1 is 1.44 bits per heavy atom. The molecule has 1 aromatic rings. The summed E-state index contributed by atoms with van der Waals surface area (Å²) in [6.07, 6.45) is 1.73. The molecular weight excluding hydrogens is 204 g/mol. The standard InChI is InChI=1S/C12H20N2O2/c1-10(9-15-2)7-13-8-11-5-4-6-14-12(11)16-3/h4-6,10,13H,7-9H2,1-3H3. The third-order valence-corrected chi connectivity index (χ3v) is 2.30. The Bertz CT molecular complexity index is 305. The van der Waals surface area contributed by atoms with Crippen LogP contribution in [0.15, 0.2) is 18.3 Å². The maximum atomic E-state index is 5.17. The molecule has 16 heavy (non-hydrogen) atoms. The summed E-state index contributed by atoms with van der Waals surface area (Å²) in [6.45, 7) is 4.62. The zero-order valence-electron chi connectivity index (χ0n) is 10.2. The number of pyridine rings is 1. The van der Waals surface area contributed by atoms with Gasteiger partial charge in [-0.15, -0.1) is 0 Å². The molecule has 4 nitrogen and oxygen atoms in total. The van der Waals surface area contributed by atoms with Crippen molar-refractivity contribution in [3.8, 4) is 5.88 Å². The van der Waals surface area contributed by atoms with Crippen LogP contribution in [0.3, 0.4) is 0 Å². The van der Waals surface area contributed by atoms with Gasteiger partial charge in [-0.05, 0) is 12.0 Å². The van der Waals surface area contributed by atoms with Crippen LogP contribution >= 0.6 is 0 Å². The van der Waals surface area contributed by atoms with E-state index >= 15 is 0 Å². The Morgan fingerprint density at radius 2 is 2.25 bits per heavy atom. The second kappa shape index (κ2) is 7.19. The summed E-state index contributed by atoms with van der Waals surface area (Å²) in [5.41, 5.74) is 1.08. The normalized spacial score (nSPS) is 12.4. The first-order chi connectivity index (χ1) is 7.77. The average Bonchev–Trinajstić information content (AvgIpc) is 2.30. The van der Waals surface area contributed by atoms with Gasteiger partial charge in [0, 0.05) is 38.6 Å². The van der Waals surface area contributed by atoms with Crippen molar-refractivity contribution >= 4 is 0 Å². The monoisotopic (exact) mass is 224 g/mol. The van der Waals surface area contributed by atoms with Crippen LogP contribution in [-0.2, 0) is 11.3 Å². The van der Waals surface area contributed by atoms with Crippen LogP contribution in [0.4, 0.5) is 0 Å². The van der Waals surface area contributed by atoms with E-state index in [4.69, 9.17) is 9.47 Å². The maximum Gasteiger partial charge on any atom is 0.217 e.